The topological polar surface area (TPSA) is 30.5 Å². The van der Waals surface area contributed by atoms with Crippen molar-refractivity contribution in [2.75, 3.05) is 20.3 Å². The monoisotopic (exact) mass is 355 g/mol. The van der Waals surface area contributed by atoms with Crippen molar-refractivity contribution in [2.24, 2.45) is 0 Å². The minimum atomic E-state index is 0.362. The zero-order valence-electron chi connectivity index (χ0n) is 13.6. The fraction of sp³-hybridized carbons (Fsp3) is 0.529. The second kappa shape index (κ2) is 9.11. The molecule has 1 rings (SSSR count). The highest BCUT2D eigenvalue weighted by atomic mass is 79.9. The standard InChI is InChI=1S/C17H26BrNO2/c1-6-8-19-13(4)12(3)9-14-10-15(18)17(21-7-2)16(11-14)20-5/h9-11,13,19H,6-8H2,1-5H3/b12-9+. The number of ether oxygens (including phenoxy) is 2. The Balaban J connectivity index is 3.00. The second-order valence-electron chi connectivity index (χ2n) is 5.03. The van der Waals surface area contributed by atoms with E-state index in [0.29, 0.717) is 12.6 Å². The summed E-state index contributed by atoms with van der Waals surface area (Å²) in [6.07, 6.45) is 3.32. The zero-order valence-corrected chi connectivity index (χ0v) is 15.2. The molecule has 21 heavy (non-hydrogen) atoms. The highest BCUT2D eigenvalue weighted by Crippen LogP contribution is 2.37. The van der Waals surface area contributed by atoms with Crippen LogP contribution in [0.3, 0.4) is 0 Å². The van der Waals surface area contributed by atoms with Crippen molar-refractivity contribution in [2.45, 2.75) is 40.2 Å². The summed E-state index contributed by atoms with van der Waals surface area (Å²) >= 11 is 3.56. The molecule has 0 amide bonds. The second-order valence-corrected chi connectivity index (χ2v) is 5.89. The van der Waals surface area contributed by atoms with Crippen molar-refractivity contribution in [1.29, 1.82) is 0 Å². The molecule has 0 bridgehead atoms. The van der Waals surface area contributed by atoms with Crippen LogP contribution in [0.15, 0.2) is 22.2 Å². The van der Waals surface area contributed by atoms with Crippen LogP contribution in [-0.4, -0.2) is 26.3 Å². The van der Waals surface area contributed by atoms with Crippen molar-refractivity contribution in [3.05, 3.63) is 27.7 Å². The Labute approximate surface area is 136 Å². The van der Waals surface area contributed by atoms with Gasteiger partial charge in [0.1, 0.15) is 0 Å². The van der Waals surface area contributed by atoms with E-state index < -0.39 is 0 Å². The maximum atomic E-state index is 5.61. The Morgan fingerprint density at radius 1 is 1.38 bits per heavy atom. The molecule has 1 N–H and O–H groups in total. The van der Waals surface area contributed by atoms with Crippen LogP contribution in [0.1, 0.15) is 39.7 Å². The molecule has 3 nitrogen and oxygen atoms in total. The van der Waals surface area contributed by atoms with E-state index in [9.17, 15) is 0 Å². The van der Waals surface area contributed by atoms with Crippen molar-refractivity contribution in [1.82, 2.24) is 5.32 Å². The largest absolute Gasteiger partial charge is 0.493 e. The number of halogens is 1. The predicted octanol–water partition coefficient (Wildman–Crippen LogP) is 4.65. The lowest BCUT2D eigenvalue weighted by atomic mass is 10.1. The SMILES string of the molecule is CCCNC(C)/C(C)=C/c1cc(Br)c(OCC)c(OC)c1. The Bertz CT molecular complexity index is 486. The summed E-state index contributed by atoms with van der Waals surface area (Å²) in [5, 5.41) is 3.49. The maximum absolute atomic E-state index is 5.61. The third kappa shape index (κ3) is 5.36. The fourth-order valence-corrected chi connectivity index (χ4v) is 2.59. The smallest absolute Gasteiger partial charge is 0.175 e. The molecule has 0 saturated heterocycles. The number of hydrogen-bond donors (Lipinski definition) is 1. The van der Waals surface area contributed by atoms with Gasteiger partial charge in [0.2, 0.25) is 0 Å². The minimum absolute atomic E-state index is 0.362. The van der Waals surface area contributed by atoms with Crippen molar-refractivity contribution in [3.63, 3.8) is 0 Å². The lowest BCUT2D eigenvalue weighted by Gasteiger charge is -2.15. The molecule has 0 heterocycles. The highest BCUT2D eigenvalue weighted by molar-refractivity contribution is 9.10. The van der Waals surface area contributed by atoms with Crippen LogP contribution in [-0.2, 0) is 0 Å². The quantitative estimate of drug-likeness (QED) is 0.736. The Kier molecular flexibility index (Phi) is 7.83. The Morgan fingerprint density at radius 3 is 2.67 bits per heavy atom. The lowest BCUT2D eigenvalue weighted by Crippen LogP contribution is -2.27. The van der Waals surface area contributed by atoms with Gasteiger partial charge in [-0.15, -0.1) is 0 Å². The van der Waals surface area contributed by atoms with Crippen LogP contribution in [0, 0.1) is 0 Å². The van der Waals surface area contributed by atoms with Gasteiger partial charge in [0.05, 0.1) is 18.2 Å². The van der Waals surface area contributed by atoms with Crippen molar-refractivity contribution in [3.8, 4) is 11.5 Å². The third-order valence-electron chi connectivity index (χ3n) is 3.32. The van der Waals surface area contributed by atoms with Crippen LogP contribution in [0.5, 0.6) is 11.5 Å². The summed E-state index contributed by atoms with van der Waals surface area (Å²) < 4.78 is 12.0. The van der Waals surface area contributed by atoms with Gasteiger partial charge in [0.25, 0.3) is 0 Å². The average molecular weight is 356 g/mol. The summed E-state index contributed by atoms with van der Waals surface area (Å²) in [6.45, 7) is 10.1. The number of nitrogens with one attached hydrogen (secondary N) is 1. The van der Waals surface area contributed by atoms with Gasteiger partial charge in [-0.05, 0) is 67.4 Å². The highest BCUT2D eigenvalue weighted by Gasteiger charge is 2.11. The number of rotatable bonds is 8. The first-order valence-electron chi connectivity index (χ1n) is 7.45. The molecule has 0 aliphatic rings. The predicted molar refractivity (Wildman–Crippen MR) is 93.3 cm³/mol. The van der Waals surface area contributed by atoms with Gasteiger partial charge in [0, 0.05) is 6.04 Å². The van der Waals surface area contributed by atoms with Gasteiger partial charge < -0.3 is 14.8 Å². The first-order chi connectivity index (χ1) is 10.0. The number of hydrogen-bond acceptors (Lipinski definition) is 3. The summed E-state index contributed by atoms with van der Waals surface area (Å²) in [5.41, 5.74) is 2.39. The van der Waals surface area contributed by atoms with Crippen molar-refractivity contribution >= 4 is 22.0 Å². The van der Waals surface area contributed by atoms with E-state index >= 15 is 0 Å². The van der Waals surface area contributed by atoms with Crippen LogP contribution in [0.4, 0.5) is 0 Å². The molecule has 0 saturated carbocycles. The summed E-state index contributed by atoms with van der Waals surface area (Å²) in [7, 11) is 1.66. The summed E-state index contributed by atoms with van der Waals surface area (Å²) in [5.74, 6) is 1.51. The minimum Gasteiger partial charge on any atom is -0.493 e. The van der Waals surface area contributed by atoms with E-state index in [-0.39, 0.29) is 0 Å². The molecule has 118 valence electrons. The summed E-state index contributed by atoms with van der Waals surface area (Å²) in [6, 6.07) is 4.43. The molecule has 4 heteroatoms. The molecule has 1 atom stereocenters. The van der Waals surface area contributed by atoms with E-state index in [1.165, 1.54) is 5.57 Å². The molecule has 0 aromatic heterocycles. The first kappa shape index (κ1) is 18.1. The fourth-order valence-electron chi connectivity index (χ4n) is 2.02. The Morgan fingerprint density at radius 2 is 2.10 bits per heavy atom. The molecule has 1 unspecified atom stereocenters. The third-order valence-corrected chi connectivity index (χ3v) is 3.91. The molecule has 0 aliphatic carbocycles. The van der Waals surface area contributed by atoms with Crippen molar-refractivity contribution < 1.29 is 9.47 Å². The molecule has 0 spiro atoms. The molecule has 0 radical (unpaired) electrons. The van der Waals surface area contributed by atoms with Crippen LogP contribution < -0.4 is 14.8 Å². The molecular weight excluding hydrogens is 330 g/mol. The normalized spacial score (nSPS) is 13.1. The maximum Gasteiger partial charge on any atom is 0.175 e. The lowest BCUT2D eigenvalue weighted by molar-refractivity contribution is 0.309. The van der Waals surface area contributed by atoms with E-state index in [0.717, 1.165) is 34.5 Å². The van der Waals surface area contributed by atoms with E-state index in [4.69, 9.17) is 9.47 Å². The van der Waals surface area contributed by atoms with Gasteiger partial charge in [-0.25, -0.2) is 0 Å². The van der Waals surface area contributed by atoms with Gasteiger partial charge in [-0.2, -0.15) is 0 Å². The van der Waals surface area contributed by atoms with Gasteiger partial charge >= 0.3 is 0 Å². The average Bonchev–Trinajstić information content (AvgIpc) is 2.47. The molecule has 0 fully saturated rings. The molecular formula is C17H26BrNO2. The number of methoxy groups -OCH3 is 1. The van der Waals surface area contributed by atoms with E-state index in [2.05, 4.69) is 54.2 Å². The van der Waals surface area contributed by atoms with Gasteiger partial charge in [-0.1, -0.05) is 18.6 Å². The first-order valence-corrected chi connectivity index (χ1v) is 8.24. The zero-order chi connectivity index (χ0) is 15.8. The van der Waals surface area contributed by atoms with Crippen LogP contribution in [0.25, 0.3) is 6.08 Å². The number of benzene rings is 1. The molecule has 1 aromatic carbocycles. The Hall–Kier alpha value is -1.00. The van der Waals surface area contributed by atoms with Gasteiger partial charge in [0.15, 0.2) is 11.5 Å². The molecule has 1 aromatic rings. The summed E-state index contributed by atoms with van der Waals surface area (Å²) in [4.78, 5) is 0. The molecule has 0 aliphatic heterocycles. The van der Waals surface area contributed by atoms with Crippen LogP contribution in [0.2, 0.25) is 0 Å². The van der Waals surface area contributed by atoms with Crippen LogP contribution >= 0.6 is 15.9 Å². The van der Waals surface area contributed by atoms with Gasteiger partial charge in [-0.3, -0.25) is 0 Å². The van der Waals surface area contributed by atoms with E-state index in [1.54, 1.807) is 7.11 Å². The van der Waals surface area contributed by atoms with E-state index in [1.807, 2.05) is 13.0 Å².